The highest BCUT2D eigenvalue weighted by molar-refractivity contribution is 8.00. The maximum atomic E-state index is 13.7. The molecule has 0 bridgehead atoms. The van der Waals surface area contributed by atoms with Gasteiger partial charge in [-0.05, 0) is 90.6 Å². The fourth-order valence-electron chi connectivity index (χ4n) is 5.32. The summed E-state index contributed by atoms with van der Waals surface area (Å²) in [4.78, 5) is 18.9. The Kier molecular flexibility index (Phi) is 8.34. The van der Waals surface area contributed by atoms with Crippen LogP contribution in [0, 0.1) is 5.92 Å². The lowest BCUT2D eigenvalue weighted by Crippen LogP contribution is -2.32. The van der Waals surface area contributed by atoms with Crippen LogP contribution >= 0.6 is 23.4 Å². The maximum Gasteiger partial charge on any atom is 0.253 e. The molecule has 2 atom stereocenters. The zero-order valence-corrected chi connectivity index (χ0v) is 24.5. The van der Waals surface area contributed by atoms with Crippen molar-refractivity contribution >= 4 is 52.4 Å². The molecule has 0 N–H and O–H groups in total. The number of allylic oxidation sites excluding steroid dienone is 1. The molecule has 1 aliphatic carbocycles. The Labute approximate surface area is 241 Å². The van der Waals surface area contributed by atoms with E-state index in [9.17, 15) is 4.79 Å². The summed E-state index contributed by atoms with van der Waals surface area (Å²) in [7, 11) is 8.18. The van der Waals surface area contributed by atoms with E-state index in [0.717, 1.165) is 46.7 Å². The molecule has 1 fully saturated rings. The molecule has 0 radical (unpaired) electrons. The van der Waals surface area contributed by atoms with Crippen molar-refractivity contribution < 1.29 is 4.79 Å². The molecular formula is C32H35ClN4OS. The molecule has 1 amide bonds. The van der Waals surface area contributed by atoms with Crippen LogP contribution in [-0.4, -0.2) is 50.6 Å². The first-order valence-corrected chi connectivity index (χ1v) is 14.7. The largest absolute Gasteiger partial charge is 0.378 e. The van der Waals surface area contributed by atoms with E-state index in [1.807, 2.05) is 38.4 Å². The number of rotatable bonds is 7. The molecule has 0 saturated heterocycles. The van der Waals surface area contributed by atoms with E-state index < -0.39 is 0 Å². The van der Waals surface area contributed by atoms with Crippen LogP contribution < -0.4 is 9.80 Å². The Morgan fingerprint density at radius 1 is 0.949 bits per heavy atom. The number of halogens is 1. The molecule has 7 heteroatoms. The number of hydrogen-bond acceptors (Lipinski definition) is 5. The smallest absolute Gasteiger partial charge is 0.253 e. The second-order valence-electron chi connectivity index (χ2n) is 10.6. The normalized spacial score (nSPS) is 19.6. The molecule has 1 aliphatic heterocycles. The molecular weight excluding hydrogens is 524 g/mol. The minimum absolute atomic E-state index is 0.0215. The summed E-state index contributed by atoms with van der Waals surface area (Å²) in [6.07, 6.45) is 5.33. The van der Waals surface area contributed by atoms with Crippen molar-refractivity contribution in [2.24, 2.45) is 11.0 Å². The van der Waals surface area contributed by atoms with Crippen LogP contribution in [0.3, 0.4) is 0 Å². The highest BCUT2D eigenvalue weighted by atomic mass is 35.5. The van der Waals surface area contributed by atoms with Gasteiger partial charge >= 0.3 is 0 Å². The van der Waals surface area contributed by atoms with Crippen LogP contribution in [0.5, 0.6) is 0 Å². The maximum absolute atomic E-state index is 13.7. The second-order valence-corrected chi connectivity index (χ2v) is 12.0. The number of amides is 1. The van der Waals surface area contributed by atoms with Gasteiger partial charge in [-0.1, -0.05) is 35.9 Å². The minimum atomic E-state index is -0.102. The number of nitrogens with zero attached hydrogens (tertiary/aromatic N) is 4. The Balaban J connectivity index is 1.45. The predicted molar refractivity (Wildman–Crippen MR) is 166 cm³/mol. The third kappa shape index (κ3) is 6.18. The van der Waals surface area contributed by atoms with Gasteiger partial charge in [0.05, 0.1) is 17.5 Å². The van der Waals surface area contributed by atoms with Crippen molar-refractivity contribution in [2.45, 2.75) is 30.2 Å². The first kappa shape index (κ1) is 27.4. The molecule has 3 aromatic carbocycles. The molecule has 202 valence electrons. The fourth-order valence-corrected chi connectivity index (χ4v) is 6.20. The van der Waals surface area contributed by atoms with E-state index in [-0.39, 0.29) is 17.9 Å². The topological polar surface area (TPSA) is 39.1 Å². The van der Waals surface area contributed by atoms with Crippen molar-refractivity contribution in [2.75, 3.05) is 43.7 Å². The first-order chi connectivity index (χ1) is 18.8. The number of benzene rings is 3. The van der Waals surface area contributed by atoms with Crippen LogP contribution in [-0.2, 0) is 4.79 Å². The molecule has 0 spiro atoms. The summed E-state index contributed by atoms with van der Waals surface area (Å²) in [5.74, 6) is 0.525. The van der Waals surface area contributed by atoms with Crippen molar-refractivity contribution in [3.05, 3.63) is 94.5 Å². The van der Waals surface area contributed by atoms with Gasteiger partial charge in [0.2, 0.25) is 0 Å². The number of fused-ring (bicyclic) bond motifs is 1. The van der Waals surface area contributed by atoms with Crippen LogP contribution in [0.2, 0.25) is 5.02 Å². The lowest BCUT2D eigenvalue weighted by atomic mass is 9.77. The zero-order valence-electron chi connectivity index (χ0n) is 23.0. The molecule has 5 rings (SSSR count). The summed E-state index contributed by atoms with van der Waals surface area (Å²) >= 11 is 7.57. The van der Waals surface area contributed by atoms with Gasteiger partial charge < -0.3 is 9.80 Å². The van der Waals surface area contributed by atoms with E-state index in [4.69, 9.17) is 16.7 Å². The lowest BCUT2D eigenvalue weighted by Gasteiger charge is -2.30. The third-order valence-corrected chi connectivity index (χ3v) is 8.68. The van der Waals surface area contributed by atoms with E-state index in [1.54, 1.807) is 5.01 Å². The highest BCUT2D eigenvalue weighted by Crippen LogP contribution is 2.45. The zero-order chi connectivity index (χ0) is 27.5. The summed E-state index contributed by atoms with van der Waals surface area (Å²) in [6, 6.07) is 24.7. The minimum Gasteiger partial charge on any atom is -0.378 e. The van der Waals surface area contributed by atoms with Crippen molar-refractivity contribution in [3.63, 3.8) is 0 Å². The van der Waals surface area contributed by atoms with E-state index in [2.05, 4.69) is 78.5 Å². The molecule has 1 heterocycles. The summed E-state index contributed by atoms with van der Waals surface area (Å²) in [5.41, 5.74) is 6.90. The van der Waals surface area contributed by atoms with Gasteiger partial charge in [-0.3, -0.25) is 4.79 Å². The Bertz CT molecular complexity index is 1360. The third-order valence-electron chi connectivity index (χ3n) is 7.43. The number of hydrazone groups is 1. The van der Waals surface area contributed by atoms with Gasteiger partial charge in [0.1, 0.15) is 0 Å². The van der Waals surface area contributed by atoms with E-state index >= 15 is 0 Å². The monoisotopic (exact) mass is 558 g/mol. The Morgan fingerprint density at radius 3 is 2.18 bits per heavy atom. The number of hydrogen-bond donors (Lipinski definition) is 0. The standard InChI is InChI=1S/C32H35ClN4OS/c1-35(2)26-14-8-22(9-15-26)20-24-6-5-7-29-31(24)34-37(30(38)21-39-28-18-12-25(33)13-19-28)32(29)23-10-16-27(17-11-23)36(3)4/h8-20,29,32H,5-7,21H2,1-4H3/b24-20+. The fraction of sp³-hybridized carbons (Fsp3) is 0.312. The molecule has 3 aromatic rings. The van der Waals surface area contributed by atoms with E-state index in [0.29, 0.717) is 10.8 Å². The number of carbonyl (C=O) groups is 1. The molecule has 5 nitrogen and oxygen atoms in total. The summed E-state index contributed by atoms with van der Waals surface area (Å²) in [5, 5.41) is 7.51. The number of anilines is 2. The summed E-state index contributed by atoms with van der Waals surface area (Å²) < 4.78 is 0. The number of thioether (sulfide) groups is 1. The SMILES string of the molecule is CN(C)c1ccc(/C=C2\CCCC3C2=NN(C(=O)CSc2ccc(Cl)cc2)C3c2ccc(N(C)C)cc2)cc1. The average Bonchev–Trinajstić information content (AvgIpc) is 3.34. The number of carbonyl (C=O) groups excluding carboxylic acids is 1. The molecule has 2 aliphatic rings. The second kappa shape index (κ2) is 11.9. The van der Waals surface area contributed by atoms with Crippen molar-refractivity contribution in [1.29, 1.82) is 0 Å². The van der Waals surface area contributed by atoms with Gasteiger partial charge in [0.25, 0.3) is 5.91 Å². The Morgan fingerprint density at radius 2 is 1.56 bits per heavy atom. The van der Waals surface area contributed by atoms with Gasteiger partial charge in [0.15, 0.2) is 0 Å². The quantitative estimate of drug-likeness (QED) is 0.283. The van der Waals surface area contributed by atoms with Gasteiger partial charge in [0, 0.05) is 55.4 Å². The van der Waals surface area contributed by atoms with Gasteiger partial charge in [-0.15, -0.1) is 11.8 Å². The van der Waals surface area contributed by atoms with Crippen LogP contribution in [0.25, 0.3) is 6.08 Å². The summed E-state index contributed by atoms with van der Waals surface area (Å²) in [6.45, 7) is 0. The Hall–Kier alpha value is -3.22. The van der Waals surface area contributed by atoms with Gasteiger partial charge in [-0.2, -0.15) is 5.10 Å². The van der Waals surface area contributed by atoms with Crippen LogP contribution in [0.1, 0.15) is 36.4 Å². The predicted octanol–water partition coefficient (Wildman–Crippen LogP) is 7.39. The van der Waals surface area contributed by atoms with E-state index in [1.165, 1.54) is 23.0 Å². The first-order valence-electron chi connectivity index (χ1n) is 13.3. The van der Waals surface area contributed by atoms with Gasteiger partial charge in [-0.25, -0.2) is 5.01 Å². The highest BCUT2D eigenvalue weighted by Gasteiger charge is 2.43. The van der Waals surface area contributed by atoms with Crippen molar-refractivity contribution in [3.8, 4) is 0 Å². The van der Waals surface area contributed by atoms with Crippen molar-refractivity contribution in [1.82, 2.24) is 5.01 Å². The van der Waals surface area contributed by atoms with Crippen LogP contribution in [0.15, 0.2) is 88.4 Å². The molecule has 0 aromatic heterocycles. The average molecular weight is 559 g/mol. The lowest BCUT2D eigenvalue weighted by molar-refractivity contribution is -0.130. The molecule has 1 saturated carbocycles. The van der Waals surface area contributed by atoms with Crippen LogP contribution in [0.4, 0.5) is 11.4 Å². The molecule has 39 heavy (non-hydrogen) atoms. The molecule has 2 unspecified atom stereocenters.